The van der Waals surface area contributed by atoms with Crippen molar-refractivity contribution in [1.82, 2.24) is 9.55 Å². The predicted molar refractivity (Wildman–Crippen MR) is 83.8 cm³/mol. The molecule has 2 aromatic rings. The summed E-state index contributed by atoms with van der Waals surface area (Å²) in [4.78, 5) is 4.80. The largest absolute Gasteiger partial charge is 0.329 e. The number of nitrogens with two attached hydrogens (primary N) is 1. The molecule has 4 heteroatoms. The van der Waals surface area contributed by atoms with Crippen molar-refractivity contribution in [3.8, 4) is 0 Å². The minimum atomic E-state index is -0.222. The third kappa shape index (κ3) is 2.46. The van der Waals surface area contributed by atoms with Crippen molar-refractivity contribution in [3.05, 3.63) is 29.8 Å². The first-order chi connectivity index (χ1) is 10.2. The first-order valence-electron chi connectivity index (χ1n) is 8.06. The fraction of sp³-hybridized carbons (Fsp3) is 0.588. The van der Waals surface area contributed by atoms with Crippen molar-refractivity contribution in [2.45, 2.75) is 57.4 Å². The lowest BCUT2D eigenvalue weighted by Gasteiger charge is -2.36. The number of fused-ring (bicyclic) bond motifs is 1. The van der Waals surface area contributed by atoms with Crippen molar-refractivity contribution < 1.29 is 4.39 Å². The number of hydrogen-bond acceptors (Lipinski definition) is 2. The average Bonchev–Trinajstić information content (AvgIpc) is 2.87. The molecular formula is C17H24FN3. The van der Waals surface area contributed by atoms with Crippen LogP contribution < -0.4 is 5.73 Å². The van der Waals surface area contributed by atoms with Gasteiger partial charge < -0.3 is 10.3 Å². The Hall–Kier alpha value is -1.42. The summed E-state index contributed by atoms with van der Waals surface area (Å²) in [5, 5.41) is 0. The summed E-state index contributed by atoms with van der Waals surface area (Å²) < 4.78 is 15.8. The molecule has 0 unspecified atom stereocenters. The van der Waals surface area contributed by atoms with E-state index in [1.165, 1.54) is 31.4 Å². The number of aryl methyl sites for hydroxylation is 1. The maximum atomic E-state index is 13.5. The predicted octanol–water partition coefficient (Wildman–Crippen LogP) is 3.75. The summed E-state index contributed by atoms with van der Waals surface area (Å²) in [6.07, 6.45) is 6.93. The van der Waals surface area contributed by atoms with Crippen LogP contribution in [0.3, 0.4) is 0 Å². The van der Waals surface area contributed by atoms with Crippen LogP contribution in [0.4, 0.5) is 4.39 Å². The highest BCUT2D eigenvalue weighted by Gasteiger charge is 2.37. The number of hydrogen-bond donors (Lipinski definition) is 1. The first kappa shape index (κ1) is 14.5. The van der Waals surface area contributed by atoms with Crippen LogP contribution in [0.25, 0.3) is 11.0 Å². The molecule has 0 saturated heterocycles. The zero-order chi connectivity index (χ0) is 14.9. The third-order valence-electron chi connectivity index (χ3n) is 4.83. The summed E-state index contributed by atoms with van der Waals surface area (Å²) >= 11 is 0. The minimum absolute atomic E-state index is 0.0249. The molecule has 114 valence electrons. The van der Waals surface area contributed by atoms with E-state index in [9.17, 15) is 4.39 Å². The van der Waals surface area contributed by atoms with E-state index in [1.807, 2.05) is 6.07 Å². The second-order valence-electron chi connectivity index (χ2n) is 6.27. The zero-order valence-electron chi connectivity index (χ0n) is 12.7. The number of nitrogens with zero attached hydrogens (tertiary/aromatic N) is 2. The first-order valence-corrected chi connectivity index (χ1v) is 8.06. The fourth-order valence-corrected chi connectivity index (χ4v) is 3.71. The maximum Gasteiger partial charge on any atom is 0.125 e. The van der Waals surface area contributed by atoms with Gasteiger partial charge >= 0.3 is 0 Å². The number of halogens is 1. The van der Waals surface area contributed by atoms with Crippen LogP contribution in [0.15, 0.2) is 18.2 Å². The van der Waals surface area contributed by atoms with Gasteiger partial charge in [0.25, 0.3) is 0 Å². The molecule has 2 N–H and O–H groups in total. The lowest BCUT2D eigenvalue weighted by atomic mass is 9.73. The van der Waals surface area contributed by atoms with Gasteiger partial charge in [-0.25, -0.2) is 9.37 Å². The van der Waals surface area contributed by atoms with Gasteiger partial charge in [0, 0.05) is 24.6 Å². The van der Waals surface area contributed by atoms with Crippen LogP contribution in [0.2, 0.25) is 0 Å². The molecule has 0 amide bonds. The minimum Gasteiger partial charge on any atom is -0.329 e. The van der Waals surface area contributed by atoms with Crippen molar-refractivity contribution in [1.29, 1.82) is 0 Å². The van der Waals surface area contributed by atoms with Crippen molar-refractivity contribution in [2.75, 3.05) is 6.54 Å². The second-order valence-corrected chi connectivity index (χ2v) is 6.27. The quantitative estimate of drug-likeness (QED) is 0.931. The van der Waals surface area contributed by atoms with Gasteiger partial charge in [-0.05, 0) is 31.4 Å². The molecule has 0 bridgehead atoms. The number of benzene rings is 1. The molecule has 1 aliphatic rings. The summed E-state index contributed by atoms with van der Waals surface area (Å²) in [5.41, 5.74) is 7.93. The highest BCUT2D eigenvalue weighted by Crippen LogP contribution is 2.39. The van der Waals surface area contributed by atoms with Crippen LogP contribution in [-0.4, -0.2) is 16.1 Å². The van der Waals surface area contributed by atoms with E-state index < -0.39 is 0 Å². The number of aromatic nitrogens is 2. The lowest BCUT2D eigenvalue weighted by Crippen LogP contribution is -2.39. The van der Waals surface area contributed by atoms with Gasteiger partial charge in [-0.2, -0.15) is 0 Å². The Balaban J connectivity index is 2.17. The molecule has 1 aliphatic carbocycles. The van der Waals surface area contributed by atoms with Gasteiger partial charge in [0.15, 0.2) is 0 Å². The van der Waals surface area contributed by atoms with Crippen molar-refractivity contribution >= 4 is 11.0 Å². The van der Waals surface area contributed by atoms with E-state index >= 15 is 0 Å². The Bertz CT molecular complexity index is 626. The lowest BCUT2D eigenvalue weighted by molar-refractivity contribution is 0.277. The molecule has 3 rings (SSSR count). The fourth-order valence-electron chi connectivity index (χ4n) is 3.71. The van der Waals surface area contributed by atoms with E-state index in [0.29, 0.717) is 6.54 Å². The Labute approximate surface area is 125 Å². The number of imidazole rings is 1. The molecule has 0 aliphatic heterocycles. The van der Waals surface area contributed by atoms with Gasteiger partial charge in [-0.15, -0.1) is 0 Å². The van der Waals surface area contributed by atoms with Crippen molar-refractivity contribution in [3.63, 3.8) is 0 Å². The maximum absolute atomic E-state index is 13.5. The van der Waals surface area contributed by atoms with E-state index in [4.69, 9.17) is 10.7 Å². The molecule has 0 spiro atoms. The Morgan fingerprint density at radius 2 is 2.05 bits per heavy atom. The van der Waals surface area contributed by atoms with E-state index in [-0.39, 0.29) is 11.2 Å². The van der Waals surface area contributed by atoms with Gasteiger partial charge in [-0.3, -0.25) is 0 Å². The number of rotatable bonds is 4. The Morgan fingerprint density at radius 1 is 1.29 bits per heavy atom. The van der Waals surface area contributed by atoms with E-state index in [1.54, 1.807) is 0 Å². The molecular weight excluding hydrogens is 265 g/mol. The highest BCUT2D eigenvalue weighted by molar-refractivity contribution is 5.76. The molecule has 1 fully saturated rings. The van der Waals surface area contributed by atoms with E-state index in [2.05, 4.69) is 11.5 Å². The van der Waals surface area contributed by atoms with Crippen LogP contribution in [0.5, 0.6) is 0 Å². The summed E-state index contributed by atoms with van der Waals surface area (Å²) in [6.45, 7) is 3.71. The standard InChI is InChI=1S/C17H24FN3/c1-2-10-21-15-7-6-13(18)11-14(15)20-16(21)17(12-19)8-4-3-5-9-17/h6-7,11H,2-5,8-10,12,19H2,1H3. The Kier molecular flexibility index (Phi) is 3.98. The monoisotopic (exact) mass is 289 g/mol. The molecule has 1 aromatic heterocycles. The summed E-state index contributed by atoms with van der Waals surface area (Å²) in [5.74, 6) is 0.854. The van der Waals surface area contributed by atoms with Crippen LogP contribution in [-0.2, 0) is 12.0 Å². The molecule has 1 heterocycles. The smallest absolute Gasteiger partial charge is 0.125 e. The molecule has 0 atom stereocenters. The van der Waals surface area contributed by atoms with Gasteiger partial charge in [0.1, 0.15) is 11.6 Å². The molecule has 3 nitrogen and oxygen atoms in total. The van der Waals surface area contributed by atoms with Crippen LogP contribution in [0, 0.1) is 5.82 Å². The van der Waals surface area contributed by atoms with Gasteiger partial charge in [-0.1, -0.05) is 26.2 Å². The van der Waals surface area contributed by atoms with Crippen LogP contribution in [0.1, 0.15) is 51.3 Å². The zero-order valence-corrected chi connectivity index (χ0v) is 12.7. The SMILES string of the molecule is CCCn1c(C2(CN)CCCCC2)nc2cc(F)ccc21. The normalized spacial score (nSPS) is 18.2. The van der Waals surface area contributed by atoms with Gasteiger partial charge in [0.05, 0.1) is 11.0 Å². The van der Waals surface area contributed by atoms with Gasteiger partial charge in [0.2, 0.25) is 0 Å². The third-order valence-corrected chi connectivity index (χ3v) is 4.83. The molecule has 0 radical (unpaired) electrons. The molecule has 1 aromatic carbocycles. The second kappa shape index (κ2) is 5.76. The topological polar surface area (TPSA) is 43.8 Å². The Morgan fingerprint density at radius 3 is 2.71 bits per heavy atom. The summed E-state index contributed by atoms with van der Waals surface area (Å²) in [7, 11) is 0. The highest BCUT2D eigenvalue weighted by atomic mass is 19.1. The van der Waals surface area contributed by atoms with E-state index in [0.717, 1.165) is 42.7 Å². The molecule has 21 heavy (non-hydrogen) atoms. The van der Waals surface area contributed by atoms with Crippen molar-refractivity contribution in [2.24, 2.45) is 5.73 Å². The molecule has 1 saturated carbocycles. The van der Waals surface area contributed by atoms with Crippen LogP contribution >= 0.6 is 0 Å². The average molecular weight is 289 g/mol. The summed E-state index contributed by atoms with van der Waals surface area (Å²) in [6, 6.07) is 4.91.